The van der Waals surface area contributed by atoms with Crippen LogP contribution in [0.1, 0.15) is 11.1 Å². The molecule has 0 atom stereocenters. The molecule has 3 N–H and O–H groups in total. The number of benzene rings is 5. The molecule has 3 heterocycles. The van der Waals surface area contributed by atoms with Gasteiger partial charge < -0.3 is 10.3 Å². The Morgan fingerprint density at radius 1 is 0.650 bits per heavy atom. The number of nitrogens with one attached hydrogen (secondary N) is 1. The first-order valence-corrected chi connectivity index (χ1v) is 13.1. The molecule has 0 spiro atoms. The average Bonchev–Trinajstić information content (AvgIpc) is 3.55. The standard InChI is InChI=1S/C20H13N3.C14H13N3/c1-22-15-9-4-6-12-18(15)19-16(22)10-5-11-17(19)23-14-8-3-2-7-13(14)21-20(12)23;15-13(11-7-3-1-4-8-11)17-14(16)12-9-5-2-6-10-12/h2-11H,1H3;1-10H,(H3,15,16,17). The van der Waals surface area contributed by atoms with Crippen LogP contribution in [0.3, 0.4) is 0 Å². The molecule has 192 valence electrons. The Morgan fingerprint density at radius 2 is 1.23 bits per heavy atom. The second-order valence-electron chi connectivity index (χ2n) is 9.77. The summed E-state index contributed by atoms with van der Waals surface area (Å²) in [6.45, 7) is 0. The maximum absolute atomic E-state index is 7.84. The minimum absolute atomic E-state index is 0.173. The van der Waals surface area contributed by atoms with Gasteiger partial charge in [0, 0.05) is 39.8 Å². The molecule has 8 aromatic rings. The van der Waals surface area contributed by atoms with Gasteiger partial charge in [-0.25, -0.2) is 9.98 Å². The Kier molecular flexibility index (Phi) is 5.53. The van der Waals surface area contributed by atoms with Gasteiger partial charge in [-0.1, -0.05) is 91.0 Å². The van der Waals surface area contributed by atoms with E-state index in [9.17, 15) is 0 Å². The second kappa shape index (κ2) is 9.36. The van der Waals surface area contributed by atoms with Gasteiger partial charge in [0.05, 0.1) is 22.1 Å². The zero-order chi connectivity index (χ0) is 27.2. The number of aliphatic imine (C=N–C) groups is 1. The molecule has 5 aromatic carbocycles. The molecule has 0 bridgehead atoms. The number of rotatable bonds is 2. The summed E-state index contributed by atoms with van der Waals surface area (Å²) in [4.78, 5) is 9.02. The van der Waals surface area contributed by atoms with Crippen LogP contribution in [0, 0.1) is 5.41 Å². The first kappa shape index (κ1) is 23.6. The van der Waals surface area contributed by atoms with Crippen LogP contribution in [0.2, 0.25) is 0 Å². The first-order valence-electron chi connectivity index (χ1n) is 13.1. The van der Waals surface area contributed by atoms with Gasteiger partial charge in [0.1, 0.15) is 11.5 Å². The third-order valence-electron chi connectivity index (χ3n) is 7.43. The molecule has 0 aliphatic carbocycles. The SMILES string of the molecule is Cn1c2cccc3c2c2c1cccc2n1c2ccccc2nc31.N=C(N=C(N)c1ccccc1)c1ccccc1. The number of amidine groups is 2. The van der Waals surface area contributed by atoms with Gasteiger partial charge in [0.25, 0.3) is 0 Å². The number of fused-ring (bicyclic) bond motifs is 5. The van der Waals surface area contributed by atoms with Crippen LogP contribution in [0.25, 0.3) is 49.4 Å². The maximum Gasteiger partial charge on any atom is 0.154 e. The highest BCUT2D eigenvalue weighted by Crippen LogP contribution is 2.39. The zero-order valence-corrected chi connectivity index (χ0v) is 21.9. The Hall–Kier alpha value is -5.49. The van der Waals surface area contributed by atoms with E-state index in [1.807, 2.05) is 60.7 Å². The van der Waals surface area contributed by atoms with Crippen LogP contribution >= 0.6 is 0 Å². The van der Waals surface area contributed by atoms with E-state index >= 15 is 0 Å². The number of hydrogen-bond acceptors (Lipinski definition) is 2. The molecule has 0 fully saturated rings. The Bertz CT molecular complexity index is 2190. The molecule has 0 saturated heterocycles. The highest BCUT2D eigenvalue weighted by molar-refractivity contribution is 6.26. The lowest BCUT2D eigenvalue weighted by molar-refractivity contribution is 1.01. The predicted molar refractivity (Wildman–Crippen MR) is 166 cm³/mol. The summed E-state index contributed by atoms with van der Waals surface area (Å²) in [7, 11) is 2.14. The number of aryl methyl sites for hydroxylation is 1. The molecular formula is C34H26N6. The van der Waals surface area contributed by atoms with E-state index in [0.29, 0.717) is 5.84 Å². The fraction of sp³-hybridized carbons (Fsp3) is 0.0294. The number of hydrogen-bond donors (Lipinski definition) is 2. The fourth-order valence-corrected chi connectivity index (χ4v) is 5.55. The van der Waals surface area contributed by atoms with Crippen molar-refractivity contribution in [3.8, 4) is 0 Å². The molecule has 3 aromatic heterocycles. The fourth-order valence-electron chi connectivity index (χ4n) is 5.55. The quantitative estimate of drug-likeness (QED) is 0.145. The van der Waals surface area contributed by atoms with Crippen molar-refractivity contribution in [2.24, 2.45) is 17.8 Å². The number of aromatic nitrogens is 3. The lowest BCUT2D eigenvalue weighted by Crippen LogP contribution is -2.15. The molecule has 0 aliphatic rings. The molecule has 0 aliphatic heterocycles. The van der Waals surface area contributed by atoms with Crippen molar-refractivity contribution in [2.75, 3.05) is 0 Å². The van der Waals surface area contributed by atoms with Crippen LogP contribution < -0.4 is 5.73 Å². The molecule has 0 radical (unpaired) electrons. The molecule has 0 saturated carbocycles. The van der Waals surface area contributed by atoms with Crippen LogP contribution in [0.5, 0.6) is 0 Å². The number of nitrogens with two attached hydrogens (primary N) is 1. The van der Waals surface area contributed by atoms with E-state index in [1.165, 1.54) is 38.2 Å². The van der Waals surface area contributed by atoms with E-state index in [2.05, 4.69) is 81.7 Å². The van der Waals surface area contributed by atoms with Crippen LogP contribution in [-0.4, -0.2) is 25.6 Å². The van der Waals surface area contributed by atoms with E-state index < -0.39 is 0 Å². The molecule has 8 rings (SSSR count). The monoisotopic (exact) mass is 518 g/mol. The van der Waals surface area contributed by atoms with Crippen molar-refractivity contribution < 1.29 is 0 Å². The Morgan fingerprint density at radius 3 is 1.98 bits per heavy atom. The summed E-state index contributed by atoms with van der Waals surface area (Å²) in [5.41, 5.74) is 14.5. The Labute approximate surface area is 230 Å². The smallest absolute Gasteiger partial charge is 0.154 e. The third kappa shape index (κ3) is 3.69. The van der Waals surface area contributed by atoms with Gasteiger partial charge in [-0.15, -0.1) is 0 Å². The summed E-state index contributed by atoms with van der Waals surface area (Å²) >= 11 is 0. The number of pyridine rings is 1. The van der Waals surface area contributed by atoms with Crippen LogP contribution in [-0.2, 0) is 7.05 Å². The third-order valence-corrected chi connectivity index (χ3v) is 7.43. The van der Waals surface area contributed by atoms with Crippen molar-refractivity contribution in [1.82, 2.24) is 14.0 Å². The second-order valence-corrected chi connectivity index (χ2v) is 9.77. The number of para-hydroxylation sites is 2. The van der Waals surface area contributed by atoms with Gasteiger partial charge in [0.15, 0.2) is 5.84 Å². The van der Waals surface area contributed by atoms with Gasteiger partial charge in [-0.2, -0.15) is 0 Å². The number of imidazole rings is 1. The van der Waals surface area contributed by atoms with Gasteiger partial charge in [-0.3, -0.25) is 9.81 Å². The lowest BCUT2D eigenvalue weighted by atomic mass is 10.1. The zero-order valence-electron chi connectivity index (χ0n) is 21.9. The molecule has 0 amide bonds. The van der Waals surface area contributed by atoms with Crippen LogP contribution in [0.15, 0.2) is 126 Å². The van der Waals surface area contributed by atoms with Crippen LogP contribution in [0.4, 0.5) is 0 Å². The highest BCUT2D eigenvalue weighted by atomic mass is 15.0. The van der Waals surface area contributed by atoms with E-state index in [1.54, 1.807) is 0 Å². The lowest BCUT2D eigenvalue weighted by Gasteiger charge is -2.06. The number of nitrogens with zero attached hydrogens (tertiary/aromatic N) is 4. The topological polar surface area (TPSA) is 84.5 Å². The summed E-state index contributed by atoms with van der Waals surface area (Å²) < 4.78 is 4.59. The minimum atomic E-state index is 0.173. The predicted octanol–water partition coefficient (Wildman–Crippen LogP) is 7.14. The van der Waals surface area contributed by atoms with Crippen molar-refractivity contribution >= 4 is 61.1 Å². The van der Waals surface area contributed by atoms with Gasteiger partial charge >= 0.3 is 0 Å². The summed E-state index contributed by atoms with van der Waals surface area (Å²) in [5.74, 6) is 0.534. The summed E-state index contributed by atoms with van der Waals surface area (Å²) in [5, 5.41) is 11.7. The van der Waals surface area contributed by atoms with E-state index in [-0.39, 0.29) is 5.84 Å². The van der Waals surface area contributed by atoms with Crippen molar-refractivity contribution in [2.45, 2.75) is 0 Å². The minimum Gasteiger partial charge on any atom is -0.383 e. The van der Waals surface area contributed by atoms with Crippen molar-refractivity contribution in [3.63, 3.8) is 0 Å². The van der Waals surface area contributed by atoms with E-state index in [0.717, 1.165) is 22.3 Å². The normalized spacial score (nSPS) is 12.0. The van der Waals surface area contributed by atoms with E-state index in [4.69, 9.17) is 16.1 Å². The van der Waals surface area contributed by atoms with Crippen molar-refractivity contribution in [3.05, 3.63) is 132 Å². The first-order chi connectivity index (χ1) is 19.6. The van der Waals surface area contributed by atoms with Gasteiger partial charge in [0.2, 0.25) is 0 Å². The molecule has 40 heavy (non-hydrogen) atoms. The molecule has 0 unspecified atom stereocenters. The highest BCUT2D eigenvalue weighted by Gasteiger charge is 2.19. The molecular weight excluding hydrogens is 492 g/mol. The largest absolute Gasteiger partial charge is 0.383 e. The molecule has 6 nitrogen and oxygen atoms in total. The summed E-state index contributed by atoms with van der Waals surface area (Å²) in [6, 6.07) is 40.2. The maximum atomic E-state index is 7.84. The molecule has 6 heteroatoms. The average molecular weight is 519 g/mol. The summed E-state index contributed by atoms with van der Waals surface area (Å²) in [6.07, 6.45) is 0. The van der Waals surface area contributed by atoms with Crippen molar-refractivity contribution in [1.29, 1.82) is 5.41 Å². The van der Waals surface area contributed by atoms with Gasteiger partial charge in [-0.05, 0) is 30.3 Å². The Balaban J connectivity index is 0.000000140.